The number of sulfonamides is 1. The maximum Gasteiger partial charge on any atom is 0.211 e. The van der Waals surface area contributed by atoms with Gasteiger partial charge in [0, 0.05) is 31.1 Å². The van der Waals surface area contributed by atoms with Gasteiger partial charge in [0.1, 0.15) is 5.75 Å². The number of piperidine rings is 1. The second-order valence-corrected chi connectivity index (χ2v) is 8.21. The molecule has 1 heterocycles. The van der Waals surface area contributed by atoms with Gasteiger partial charge in [0.15, 0.2) is 0 Å². The molecule has 1 aromatic rings. The van der Waals surface area contributed by atoms with Gasteiger partial charge in [0.2, 0.25) is 10.0 Å². The minimum Gasteiger partial charge on any atom is -0.492 e. The number of ether oxygens (including phenoxy) is 1. The molecule has 0 aromatic heterocycles. The molecular formula is C14H21BrN2O3S. The molecule has 2 rings (SSSR count). The van der Waals surface area contributed by atoms with Crippen molar-refractivity contribution in [1.82, 2.24) is 4.31 Å². The lowest BCUT2D eigenvalue weighted by Gasteiger charge is -2.31. The van der Waals surface area contributed by atoms with E-state index < -0.39 is 10.0 Å². The number of hydrogen-bond acceptors (Lipinski definition) is 4. The van der Waals surface area contributed by atoms with Crippen molar-refractivity contribution in [2.45, 2.75) is 19.4 Å². The monoisotopic (exact) mass is 376 g/mol. The number of benzene rings is 1. The Morgan fingerprint density at radius 1 is 1.48 bits per heavy atom. The SMILES string of the molecule is CS(=O)(=O)N1CCCC(COc2c(Br)cccc2CN)C1. The highest BCUT2D eigenvalue weighted by Crippen LogP contribution is 2.30. The lowest BCUT2D eigenvalue weighted by molar-refractivity contribution is 0.179. The molecule has 0 amide bonds. The molecule has 1 fully saturated rings. The summed E-state index contributed by atoms with van der Waals surface area (Å²) in [6, 6.07) is 5.77. The smallest absolute Gasteiger partial charge is 0.211 e. The average molecular weight is 377 g/mol. The fourth-order valence-electron chi connectivity index (χ4n) is 2.54. The van der Waals surface area contributed by atoms with Gasteiger partial charge in [-0.15, -0.1) is 0 Å². The van der Waals surface area contributed by atoms with Crippen LogP contribution in [-0.2, 0) is 16.6 Å². The van der Waals surface area contributed by atoms with E-state index in [1.54, 1.807) is 0 Å². The zero-order valence-corrected chi connectivity index (χ0v) is 14.5. The van der Waals surface area contributed by atoms with E-state index >= 15 is 0 Å². The van der Waals surface area contributed by atoms with Gasteiger partial charge in [-0.3, -0.25) is 0 Å². The van der Waals surface area contributed by atoms with E-state index in [9.17, 15) is 8.42 Å². The third-order valence-corrected chi connectivity index (χ3v) is 5.58. The van der Waals surface area contributed by atoms with Crippen molar-refractivity contribution in [3.05, 3.63) is 28.2 Å². The molecule has 21 heavy (non-hydrogen) atoms. The highest BCUT2D eigenvalue weighted by Gasteiger charge is 2.26. The molecule has 1 saturated heterocycles. The first-order valence-corrected chi connectivity index (χ1v) is 9.61. The maximum atomic E-state index is 11.6. The van der Waals surface area contributed by atoms with E-state index in [1.165, 1.54) is 10.6 Å². The minimum absolute atomic E-state index is 0.214. The van der Waals surface area contributed by atoms with Crippen molar-refractivity contribution in [3.8, 4) is 5.75 Å². The fourth-order valence-corrected chi connectivity index (χ4v) is 4.01. The Morgan fingerprint density at radius 2 is 2.24 bits per heavy atom. The second-order valence-electron chi connectivity index (χ2n) is 5.37. The number of nitrogens with zero attached hydrogens (tertiary/aromatic N) is 1. The fraction of sp³-hybridized carbons (Fsp3) is 0.571. The molecule has 7 heteroatoms. The molecule has 0 aliphatic carbocycles. The molecule has 0 spiro atoms. The van der Waals surface area contributed by atoms with Crippen LogP contribution in [0.15, 0.2) is 22.7 Å². The van der Waals surface area contributed by atoms with Gasteiger partial charge in [-0.05, 0) is 34.8 Å². The zero-order valence-electron chi connectivity index (χ0n) is 12.1. The summed E-state index contributed by atoms with van der Waals surface area (Å²) < 4.78 is 31.6. The van der Waals surface area contributed by atoms with Crippen LogP contribution in [0.3, 0.4) is 0 Å². The van der Waals surface area contributed by atoms with Crippen molar-refractivity contribution in [3.63, 3.8) is 0 Å². The summed E-state index contributed by atoms with van der Waals surface area (Å²) in [7, 11) is -3.11. The highest BCUT2D eigenvalue weighted by atomic mass is 79.9. The van der Waals surface area contributed by atoms with Crippen LogP contribution in [0.1, 0.15) is 18.4 Å². The van der Waals surface area contributed by atoms with Gasteiger partial charge >= 0.3 is 0 Å². The molecule has 1 aliphatic heterocycles. The van der Waals surface area contributed by atoms with Crippen molar-refractivity contribution in [1.29, 1.82) is 0 Å². The van der Waals surface area contributed by atoms with Gasteiger partial charge in [-0.1, -0.05) is 12.1 Å². The van der Waals surface area contributed by atoms with Crippen LogP contribution in [0.4, 0.5) is 0 Å². The van der Waals surface area contributed by atoms with Crippen LogP contribution >= 0.6 is 15.9 Å². The Balaban J connectivity index is 2.00. The molecule has 0 bridgehead atoms. The van der Waals surface area contributed by atoms with Crippen LogP contribution in [-0.4, -0.2) is 38.7 Å². The molecule has 1 aliphatic rings. The van der Waals surface area contributed by atoms with Gasteiger partial charge in [0.25, 0.3) is 0 Å². The van der Waals surface area contributed by atoms with Crippen molar-refractivity contribution in [2.75, 3.05) is 26.0 Å². The Hall–Kier alpha value is -0.630. The summed E-state index contributed by atoms with van der Waals surface area (Å²) in [6.45, 7) is 2.05. The largest absolute Gasteiger partial charge is 0.492 e. The number of para-hydroxylation sites is 1. The van der Waals surface area contributed by atoms with Crippen molar-refractivity contribution in [2.24, 2.45) is 11.7 Å². The third kappa shape index (κ3) is 4.42. The van der Waals surface area contributed by atoms with Crippen molar-refractivity contribution < 1.29 is 13.2 Å². The molecule has 2 N–H and O–H groups in total. The first kappa shape index (κ1) is 16.7. The Kier molecular flexibility index (Phi) is 5.65. The molecule has 5 nitrogen and oxygen atoms in total. The average Bonchev–Trinajstić information content (AvgIpc) is 2.45. The Labute approximate surface area is 134 Å². The summed E-state index contributed by atoms with van der Waals surface area (Å²) in [5.41, 5.74) is 6.66. The van der Waals surface area contributed by atoms with Gasteiger partial charge in [-0.2, -0.15) is 0 Å². The first-order chi connectivity index (χ1) is 9.91. The van der Waals surface area contributed by atoms with E-state index in [1.807, 2.05) is 18.2 Å². The Morgan fingerprint density at radius 3 is 2.90 bits per heavy atom. The standard InChI is InChI=1S/C14H21BrN2O3S/c1-21(18,19)17-7-3-4-11(9-17)10-20-14-12(8-16)5-2-6-13(14)15/h2,5-6,11H,3-4,7-10,16H2,1H3. The zero-order chi connectivity index (χ0) is 15.5. The van der Waals surface area contributed by atoms with E-state index in [2.05, 4.69) is 15.9 Å². The van der Waals surface area contributed by atoms with Crippen LogP contribution in [0.25, 0.3) is 0 Å². The minimum atomic E-state index is -3.11. The summed E-state index contributed by atoms with van der Waals surface area (Å²) in [4.78, 5) is 0. The van der Waals surface area contributed by atoms with Crippen molar-refractivity contribution >= 4 is 26.0 Å². The van der Waals surface area contributed by atoms with E-state index in [-0.39, 0.29) is 5.92 Å². The molecule has 118 valence electrons. The van der Waals surface area contributed by atoms with Gasteiger partial charge in [0.05, 0.1) is 17.3 Å². The first-order valence-electron chi connectivity index (χ1n) is 6.97. The molecule has 1 atom stereocenters. The molecule has 0 radical (unpaired) electrons. The molecular weight excluding hydrogens is 356 g/mol. The van der Waals surface area contributed by atoms with Gasteiger partial charge in [-0.25, -0.2) is 12.7 Å². The maximum absolute atomic E-state index is 11.6. The normalized spacial score (nSPS) is 20.4. The van der Waals surface area contributed by atoms with Crippen LogP contribution in [0.2, 0.25) is 0 Å². The van der Waals surface area contributed by atoms with Gasteiger partial charge < -0.3 is 10.5 Å². The summed E-state index contributed by atoms with van der Waals surface area (Å²) in [6.07, 6.45) is 3.12. The number of nitrogens with two attached hydrogens (primary N) is 1. The highest BCUT2D eigenvalue weighted by molar-refractivity contribution is 9.10. The summed E-state index contributed by atoms with van der Waals surface area (Å²) >= 11 is 3.47. The van der Waals surface area contributed by atoms with E-state index in [4.69, 9.17) is 10.5 Å². The summed E-state index contributed by atoms with van der Waals surface area (Å²) in [5, 5.41) is 0. The number of hydrogen-bond donors (Lipinski definition) is 1. The number of rotatable bonds is 5. The predicted molar refractivity (Wildman–Crippen MR) is 86.7 cm³/mol. The quantitative estimate of drug-likeness (QED) is 0.852. The van der Waals surface area contributed by atoms with E-state index in [0.717, 1.165) is 28.6 Å². The van der Waals surface area contributed by atoms with Crippen LogP contribution in [0, 0.1) is 5.92 Å². The molecule has 1 aromatic carbocycles. The molecule has 0 saturated carbocycles. The topological polar surface area (TPSA) is 72.6 Å². The Bertz CT molecular complexity index is 592. The lowest BCUT2D eigenvalue weighted by atomic mass is 10.0. The lowest BCUT2D eigenvalue weighted by Crippen LogP contribution is -2.41. The number of halogens is 1. The van der Waals surface area contributed by atoms with E-state index in [0.29, 0.717) is 26.2 Å². The third-order valence-electron chi connectivity index (χ3n) is 3.68. The summed E-state index contributed by atoms with van der Waals surface area (Å²) in [5.74, 6) is 0.975. The van der Waals surface area contributed by atoms with Crippen LogP contribution < -0.4 is 10.5 Å². The predicted octanol–water partition coefficient (Wildman–Crippen LogP) is 1.96. The molecule has 1 unspecified atom stereocenters. The second kappa shape index (κ2) is 7.09. The van der Waals surface area contributed by atoms with Crippen LogP contribution in [0.5, 0.6) is 5.75 Å².